The van der Waals surface area contributed by atoms with Crippen molar-refractivity contribution in [3.63, 3.8) is 0 Å². The van der Waals surface area contributed by atoms with Crippen LogP contribution >= 0.6 is 0 Å². The first kappa shape index (κ1) is 8.21. The lowest BCUT2D eigenvalue weighted by Crippen LogP contribution is -1.94. The van der Waals surface area contributed by atoms with Crippen LogP contribution < -0.4 is 5.73 Å². The molecule has 0 atom stereocenters. The molecule has 0 aliphatic heterocycles. The number of rotatable bonds is 0. The van der Waals surface area contributed by atoms with Crippen molar-refractivity contribution in [3.8, 4) is 11.8 Å². The summed E-state index contributed by atoms with van der Waals surface area (Å²) in [6.07, 6.45) is 1.41. The third-order valence-electron chi connectivity index (χ3n) is 1.13. The van der Waals surface area contributed by atoms with Gasteiger partial charge in [-0.05, 0) is 11.8 Å². The van der Waals surface area contributed by atoms with Gasteiger partial charge < -0.3 is 5.73 Å². The van der Waals surface area contributed by atoms with Gasteiger partial charge in [0.1, 0.15) is 11.5 Å². The SMILES string of the molecule is Nc1cc(F)cnc1C#CC=O. The molecule has 12 heavy (non-hydrogen) atoms. The molecular formula is C8H5FN2O. The second-order valence-electron chi connectivity index (χ2n) is 1.98. The number of hydrogen-bond acceptors (Lipinski definition) is 3. The minimum atomic E-state index is -0.524. The lowest BCUT2D eigenvalue weighted by Gasteiger charge is -1.94. The van der Waals surface area contributed by atoms with Crippen molar-refractivity contribution in [2.45, 2.75) is 0 Å². The van der Waals surface area contributed by atoms with Crippen LogP contribution in [0.15, 0.2) is 12.3 Å². The first-order valence-corrected chi connectivity index (χ1v) is 3.10. The molecule has 0 fully saturated rings. The molecule has 0 unspecified atom stereocenters. The highest BCUT2D eigenvalue weighted by Crippen LogP contribution is 2.07. The van der Waals surface area contributed by atoms with Crippen molar-refractivity contribution in [2.75, 3.05) is 5.73 Å². The number of nitrogens with two attached hydrogens (primary N) is 1. The third-order valence-corrected chi connectivity index (χ3v) is 1.13. The monoisotopic (exact) mass is 164 g/mol. The molecule has 1 aromatic rings. The van der Waals surface area contributed by atoms with Crippen LogP contribution in [0.4, 0.5) is 10.1 Å². The number of carbonyl (C=O) groups excluding carboxylic acids is 1. The smallest absolute Gasteiger partial charge is 0.193 e. The van der Waals surface area contributed by atoms with Gasteiger partial charge in [-0.1, -0.05) is 0 Å². The van der Waals surface area contributed by atoms with Crippen LogP contribution in [-0.4, -0.2) is 11.3 Å². The van der Waals surface area contributed by atoms with Gasteiger partial charge in [0.05, 0.1) is 11.9 Å². The number of anilines is 1. The number of aromatic nitrogens is 1. The van der Waals surface area contributed by atoms with Gasteiger partial charge in [0.15, 0.2) is 6.29 Å². The standard InChI is InChI=1S/C8H5FN2O/c9-6-4-7(10)8(11-5-6)2-1-3-12/h3-5H,10H2. The van der Waals surface area contributed by atoms with E-state index in [0.29, 0.717) is 6.29 Å². The maximum atomic E-state index is 12.4. The molecular weight excluding hydrogens is 159 g/mol. The molecule has 3 nitrogen and oxygen atoms in total. The molecule has 0 bridgehead atoms. The highest BCUT2D eigenvalue weighted by atomic mass is 19.1. The summed E-state index contributed by atoms with van der Waals surface area (Å²) in [6, 6.07) is 1.10. The van der Waals surface area contributed by atoms with Crippen molar-refractivity contribution < 1.29 is 9.18 Å². The Morgan fingerprint density at radius 3 is 3.00 bits per heavy atom. The molecule has 1 heterocycles. The zero-order valence-electron chi connectivity index (χ0n) is 6.04. The minimum Gasteiger partial charge on any atom is -0.396 e. The van der Waals surface area contributed by atoms with Crippen LogP contribution in [0.25, 0.3) is 0 Å². The van der Waals surface area contributed by atoms with E-state index in [-0.39, 0.29) is 11.4 Å². The van der Waals surface area contributed by atoms with Gasteiger partial charge in [0.25, 0.3) is 0 Å². The molecule has 0 amide bonds. The van der Waals surface area contributed by atoms with Crippen molar-refractivity contribution in [1.82, 2.24) is 4.98 Å². The maximum Gasteiger partial charge on any atom is 0.193 e. The Morgan fingerprint density at radius 1 is 1.67 bits per heavy atom. The Bertz CT molecular complexity index is 365. The fourth-order valence-electron chi connectivity index (χ4n) is 0.657. The predicted octanol–water partition coefficient (Wildman–Crippen LogP) is 0.353. The van der Waals surface area contributed by atoms with Gasteiger partial charge in [-0.3, -0.25) is 4.79 Å². The van der Waals surface area contributed by atoms with Crippen LogP contribution in [0.5, 0.6) is 0 Å². The van der Waals surface area contributed by atoms with E-state index < -0.39 is 5.82 Å². The minimum absolute atomic E-state index is 0.129. The van der Waals surface area contributed by atoms with Crippen molar-refractivity contribution >= 4 is 12.0 Å². The number of aldehydes is 1. The zero-order chi connectivity index (χ0) is 8.97. The van der Waals surface area contributed by atoms with E-state index in [0.717, 1.165) is 12.3 Å². The molecule has 0 saturated heterocycles. The number of pyridine rings is 1. The van der Waals surface area contributed by atoms with Crippen LogP contribution in [0.2, 0.25) is 0 Å². The third kappa shape index (κ3) is 1.80. The number of hydrogen-bond donors (Lipinski definition) is 1. The van der Waals surface area contributed by atoms with E-state index in [9.17, 15) is 9.18 Å². The Morgan fingerprint density at radius 2 is 2.42 bits per heavy atom. The molecule has 0 aliphatic rings. The van der Waals surface area contributed by atoms with Gasteiger partial charge in [-0.25, -0.2) is 9.37 Å². The van der Waals surface area contributed by atoms with E-state index in [1.165, 1.54) is 0 Å². The summed E-state index contributed by atoms with van der Waals surface area (Å²) in [6.45, 7) is 0. The van der Waals surface area contributed by atoms with Gasteiger partial charge in [0, 0.05) is 6.07 Å². The summed E-state index contributed by atoms with van der Waals surface area (Å²) in [5.74, 6) is 3.97. The van der Waals surface area contributed by atoms with Gasteiger partial charge in [0.2, 0.25) is 0 Å². The number of halogens is 1. The highest BCUT2D eigenvalue weighted by molar-refractivity contribution is 5.74. The molecule has 0 aromatic carbocycles. The van der Waals surface area contributed by atoms with E-state index in [2.05, 4.69) is 16.8 Å². The largest absolute Gasteiger partial charge is 0.396 e. The molecule has 0 aliphatic carbocycles. The zero-order valence-corrected chi connectivity index (χ0v) is 6.04. The fraction of sp³-hybridized carbons (Fsp3) is 0. The number of carbonyl (C=O) groups is 1. The van der Waals surface area contributed by atoms with Crippen molar-refractivity contribution in [2.24, 2.45) is 0 Å². The fourth-order valence-corrected chi connectivity index (χ4v) is 0.657. The maximum absolute atomic E-state index is 12.4. The highest BCUT2D eigenvalue weighted by Gasteiger charge is 1.97. The summed E-state index contributed by atoms with van der Waals surface area (Å²) in [7, 11) is 0. The second-order valence-corrected chi connectivity index (χ2v) is 1.98. The van der Waals surface area contributed by atoms with E-state index in [4.69, 9.17) is 5.73 Å². The molecule has 0 saturated carbocycles. The number of nitrogen functional groups attached to an aromatic ring is 1. The summed E-state index contributed by atoms with van der Waals surface area (Å²) in [4.78, 5) is 13.4. The normalized spacial score (nSPS) is 8.42. The lowest BCUT2D eigenvalue weighted by molar-refractivity contribution is -0.103. The first-order valence-electron chi connectivity index (χ1n) is 3.10. The summed E-state index contributed by atoms with van der Waals surface area (Å²) in [5.41, 5.74) is 5.68. The lowest BCUT2D eigenvalue weighted by atomic mass is 10.3. The van der Waals surface area contributed by atoms with Crippen LogP contribution in [0.1, 0.15) is 5.69 Å². The van der Waals surface area contributed by atoms with Crippen molar-refractivity contribution in [1.29, 1.82) is 0 Å². The molecule has 1 rings (SSSR count). The Kier molecular flexibility index (Phi) is 2.38. The van der Waals surface area contributed by atoms with Crippen LogP contribution in [0.3, 0.4) is 0 Å². The molecule has 4 heteroatoms. The molecule has 1 aromatic heterocycles. The Labute approximate surface area is 68.4 Å². The van der Waals surface area contributed by atoms with E-state index in [1.807, 2.05) is 0 Å². The molecule has 0 spiro atoms. The Hall–Kier alpha value is -1.89. The van der Waals surface area contributed by atoms with Gasteiger partial charge in [-0.15, -0.1) is 0 Å². The van der Waals surface area contributed by atoms with Gasteiger partial charge in [-0.2, -0.15) is 0 Å². The average molecular weight is 164 g/mol. The average Bonchev–Trinajstić information content (AvgIpc) is 2.03. The molecule has 60 valence electrons. The van der Waals surface area contributed by atoms with Crippen LogP contribution in [0, 0.1) is 17.7 Å². The van der Waals surface area contributed by atoms with E-state index in [1.54, 1.807) is 0 Å². The molecule has 0 radical (unpaired) electrons. The van der Waals surface area contributed by atoms with Crippen LogP contribution in [-0.2, 0) is 4.79 Å². The summed E-state index contributed by atoms with van der Waals surface area (Å²) >= 11 is 0. The van der Waals surface area contributed by atoms with Gasteiger partial charge >= 0.3 is 0 Å². The quantitative estimate of drug-likeness (QED) is 0.444. The summed E-state index contributed by atoms with van der Waals surface area (Å²) < 4.78 is 12.4. The number of nitrogens with zero attached hydrogens (tertiary/aromatic N) is 1. The topological polar surface area (TPSA) is 56.0 Å². The Balaban J connectivity index is 3.09. The first-order chi connectivity index (χ1) is 5.74. The van der Waals surface area contributed by atoms with E-state index >= 15 is 0 Å². The predicted molar refractivity (Wildman–Crippen MR) is 41.5 cm³/mol. The molecule has 2 N–H and O–H groups in total. The van der Waals surface area contributed by atoms with Crippen molar-refractivity contribution in [3.05, 3.63) is 23.8 Å². The second kappa shape index (κ2) is 3.49. The summed E-state index contributed by atoms with van der Waals surface area (Å²) in [5, 5.41) is 0.